The molecule has 0 saturated heterocycles. The third-order valence-electron chi connectivity index (χ3n) is 3.57. The zero-order chi connectivity index (χ0) is 16.0. The predicted octanol–water partition coefficient (Wildman–Crippen LogP) is 3.20. The molecule has 0 radical (unpaired) electrons. The van der Waals surface area contributed by atoms with E-state index in [1.807, 2.05) is 12.1 Å². The van der Waals surface area contributed by atoms with Crippen molar-refractivity contribution in [3.05, 3.63) is 12.1 Å². The molecule has 0 aliphatic heterocycles. The molecule has 1 aromatic carbocycles. The van der Waals surface area contributed by atoms with E-state index in [9.17, 15) is 0 Å². The van der Waals surface area contributed by atoms with Gasteiger partial charge < -0.3 is 19.5 Å². The van der Waals surface area contributed by atoms with Crippen LogP contribution in [0, 0.1) is 0 Å². The summed E-state index contributed by atoms with van der Waals surface area (Å²) in [5, 5.41) is 3.49. The molecular weight excluding hydrogens is 268 g/mol. The van der Waals surface area contributed by atoms with Crippen LogP contribution in [0.25, 0.3) is 0 Å². The highest BCUT2D eigenvalue weighted by atomic mass is 16.5. The van der Waals surface area contributed by atoms with Crippen molar-refractivity contribution >= 4 is 5.69 Å². The molecular formula is C16H28N2O3. The van der Waals surface area contributed by atoms with Crippen LogP contribution in [0.3, 0.4) is 0 Å². The molecule has 0 aliphatic carbocycles. The topological polar surface area (TPSA) is 43.0 Å². The Kier molecular flexibility index (Phi) is 6.62. The second-order valence-electron chi connectivity index (χ2n) is 5.16. The molecule has 0 saturated carbocycles. The standard InChI is InChI=1S/C16H28N2O3/c1-8-18(11(2)3)12(4)17-13-9-14(19-5)16(21-7)15(10-13)20-6/h9-12,17H,8H2,1-7H3. The zero-order valence-corrected chi connectivity index (χ0v) is 14.2. The molecule has 0 aromatic heterocycles. The Morgan fingerprint density at radius 3 is 1.86 bits per heavy atom. The third kappa shape index (κ3) is 4.17. The molecule has 1 atom stereocenters. The lowest BCUT2D eigenvalue weighted by molar-refractivity contribution is 0.191. The minimum absolute atomic E-state index is 0.206. The Morgan fingerprint density at radius 1 is 1.00 bits per heavy atom. The fourth-order valence-corrected chi connectivity index (χ4v) is 2.57. The summed E-state index contributed by atoms with van der Waals surface area (Å²) in [6, 6.07) is 4.32. The summed E-state index contributed by atoms with van der Waals surface area (Å²) >= 11 is 0. The van der Waals surface area contributed by atoms with Crippen molar-refractivity contribution in [3.63, 3.8) is 0 Å². The average molecular weight is 296 g/mol. The number of hydrogen-bond acceptors (Lipinski definition) is 5. The van der Waals surface area contributed by atoms with Crippen LogP contribution < -0.4 is 19.5 Å². The minimum atomic E-state index is 0.206. The van der Waals surface area contributed by atoms with Crippen LogP contribution in [0.1, 0.15) is 27.7 Å². The van der Waals surface area contributed by atoms with Crippen LogP contribution >= 0.6 is 0 Å². The Hall–Kier alpha value is -1.62. The number of ether oxygens (including phenoxy) is 3. The molecule has 0 aliphatic rings. The Labute approximate surface area is 128 Å². The van der Waals surface area contributed by atoms with E-state index < -0.39 is 0 Å². The van der Waals surface area contributed by atoms with Gasteiger partial charge in [0.05, 0.1) is 27.5 Å². The molecule has 21 heavy (non-hydrogen) atoms. The third-order valence-corrected chi connectivity index (χ3v) is 3.57. The van der Waals surface area contributed by atoms with Gasteiger partial charge in [-0.25, -0.2) is 0 Å². The van der Waals surface area contributed by atoms with Crippen LogP contribution in [-0.4, -0.2) is 45.0 Å². The lowest BCUT2D eigenvalue weighted by atomic mass is 10.2. The number of rotatable bonds is 8. The van der Waals surface area contributed by atoms with Crippen LogP contribution in [0.2, 0.25) is 0 Å². The van der Waals surface area contributed by atoms with E-state index in [1.165, 1.54) is 0 Å². The summed E-state index contributed by atoms with van der Waals surface area (Å²) in [7, 11) is 4.85. The summed E-state index contributed by atoms with van der Waals surface area (Å²) < 4.78 is 16.1. The molecule has 1 unspecified atom stereocenters. The molecule has 5 nitrogen and oxygen atoms in total. The summed E-state index contributed by atoms with van der Waals surface area (Å²) in [6.45, 7) is 9.67. The van der Waals surface area contributed by atoms with E-state index in [1.54, 1.807) is 21.3 Å². The highest BCUT2D eigenvalue weighted by Crippen LogP contribution is 2.40. The van der Waals surface area contributed by atoms with Gasteiger partial charge in [-0.3, -0.25) is 4.90 Å². The second-order valence-corrected chi connectivity index (χ2v) is 5.16. The fourth-order valence-electron chi connectivity index (χ4n) is 2.57. The molecule has 1 rings (SSSR count). The van der Waals surface area contributed by atoms with Crippen LogP contribution in [0.15, 0.2) is 12.1 Å². The Morgan fingerprint density at radius 2 is 1.52 bits per heavy atom. The summed E-state index contributed by atoms with van der Waals surface area (Å²) in [6.07, 6.45) is 0.206. The number of methoxy groups -OCH3 is 3. The van der Waals surface area contributed by atoms with Gasteiger partial charge in [-0.2, -0.15) is 0 Å². The van der Waals surface area contributed by atoms with Gasteiger partial charge >= 0.3 is 0 Å². The van der Waals surface area contributed by atoms with E-state index in [2.05, 4.69) is 37.9 Å². The van der Waals surface area contributed by atoms with Crippen molar-refractivity contribution in [2.24, 2.45) is 0 Å². The summed E-state index contributed by atoms with van der Waals surface area (Å²) in [5.74, 6) is 1.91. The van der Waals surface area contributed by atoms with Crippen LogP contribution in [0.4, 0.5) is 5.69 Å². The maximum absolute atomic E-state index is 5.38. The average Bonchev–Trinajstić information content (AvgIpc) is 2.46. The monoisotopic (exact) mass is 296 g/mol. The largest absolute Gasteiger partial charge is 0.493 e. The predicted molar refractivity (Wildman–Crippen MR) is 86.7 cm³/mol. The summed E-state index contributed by atoms with van der Waals surface area (Å²) in [4.78, 5) is 2.36. The second kappa shape index (κ2) is 7.98. The van der Waals surface area contributed by atoms with E-state index in [0.29, 0.717) is 23.3 Å². The molecule has 1 N–H and O–H groups in total. The van der Waals surface area contributed by atoms with Crippen molar-refractivity contribution < 1.29 is 14.2 Å². The number of hydrogen-bond donors (Lipinski definition) is 1. The van der Waals surface area contributed by atoms with Gasteiger partial charge in [-0.1, -0.05) is 6.92 Å². The molecule has 0 bridgehead atoms. The van der Waals surface area contributed by atoms with E-state index >= 15 is 0 Å². The number of nitrogens with one attached hydrogen (secondary N) is 1. The highest BCUT2D eigenvalue weighted by molar-refractivity contribution is 5.62. The molecule has 0 amide bonds. The van der Waals surface area contributed by atoms with Gasteiger partial charge in [-0.15, -0.1) is 0 Å². The van der Waals surface area contributed by atoms with Crippen molar-refractivity contribution in [1.29, 1.82) is 0 Å². The normalized spacial score (nSPS) is 12.4. The molecule has 0 heterocycles. The first-order valence-corrected chi connectivity index (χ1v) is 7.30. The summed E-state index contributed by atoms with van der Waals surface area (Å²) in [5.41, 5.74) is 0.941. The van der Waals surface area contributed by atoms with Gasteiger partial charge in [0.25, 0.3) is 0 Å². The van der Waals surface area contributed by atoms with Gasteiger partial charge in [-0.05, 0) is 27.3 Å². The van der Waals surface area contributed by atoms with Gasteiger partial charge in [0.1, 0.15) is 0 Å². The molecule has 0 spiro atoms. The first-order chi connectivity index (χ1) is 9.98. The van der Waals surface area contributed by atoms with Gasteiger partial charge in [0, 0.05) is 23.9 Å². The number of benzene rings is 1. The molecule has 1 aromatic rings. The lowest BCUT2D eigenvalue weighted by Gasteiger charge is -2.32. The van der Waals surface area contributed by atoms with E-state index in [0.717, 1.165) is 12.2 Å². The maximum atomic E-state index is 5.38. The van der Waals surface area contributed by atoms with Crippen molar-refractivity contribution in [3.8, 4) is 17.2 Å². The number of nitrogens with zero attached hydrogens (tertiary/aromatic N) is 1. The lowest BCUT2D eigenvalue weighted by Crippen LogP contribution is -2.42. The van der Waals surface area contributed by atoms with Gasteiger partial charge in [0.2, 0.25) is 5.75 Å². The van der Waals surface area contributed by atoms with Crippen molar-refractivity contribution in [2.75, 3.05) is 33.2 Å². The van der Waals surface area contributed by atoms with Crippen LogP contribution in [-0.2, 0) is 0 Å². The first-order valence-electron chi connectivity index (χ1n) is 7.30. The maximum Gasteiger partial charge on any atom is 0.203 e. The molecule has 120 valence electrons. The quantitative estimate of drug-likeness (QED) is 0.746. The smallest absolute Gasteiger partial charge is 0.203 e. The SMILES string of the molecule is CCN(C(C)C)C(C)Nc1cc(OC)c(OC)c(OC)c1. The van der Waals surface area contributed by atoms with E-state index in [4.69, 9.17) is 14.2 Å². The molecule has 5 heteroatoms. The molecule has 0 fully saturated rings. The van der Waals surface area contributed by atoms with Crippen LogP contribution in [0.5, 0.6) is 17.2 Å². The van der Waals surface area contributed by atoms with Gasteiger partial charge in [0.15, 0.2) is 11.5 Å². The zero-order valence-electron chi connectivity index (χ0n) is 14.2. The Bertz CT molecular complexity index is 424. The van der Waals surface area contributed by atoms with Crippen molar-refractivity contribution in [1.82, 2.24) is 4.90 Å². The Balaban J connectivity index is 3.03. The highest BCUT2D eigenvalue weighted by Gasteiger charge is 2.18. The number of anilines is 1. The first kappa shape index (κ1) is 17.4. The van der Waals surface area contributed by atoms with Crippen molar-refractivity contribution in [2.45, 2.75) is 39.9 Å². The van der Waals surface area contributed by atoms with E-state index in [-0.39, 0.29) is 6.17 Å². The minimum Gasteiger partial charge on any atom is -0.493 e. The fraction of sp³-hybridized carbons (Fsp3) is 0.625.